The zero-order chi connectivity index (χ0) is 19.9. The molecule has 2 atom stereocenters. The summed E-state index contributed by atoms with van der Waals surface area (Å²) in [5.74, 6) is 1.31. The molecule has 150 valence electrons. The quantitative estimate of drug-likeness (QED) is 0.648. The van der Waals surface area contributed by atoms with Gasteiger partial charge in [-0.3, -0.25) is 0 Å². The normalized spacial score (nSPS) is 17.5. The SMILES string of the molecule is CC(C)[C@@H](NC(=O)O)C1CCN(c2cnnc(NCCc3ccccc3)c2)C1. The number of aromatic nitrogens is 2. The first-order valence-corrected chi connectivity index (χ1v) is 9.88. The predicted molar refractivity (Wildman–Crippen MR) is 111 cm³/mol. The van der Waals surface area contributed by atoms with Gasteiger partial charge in [0.15, 0.2) is 5.82 Å². The molecule has 0 radical (unpaired) electrons. The topological polar surface area (TPSA) is 90.4 Å². The monoisotopic (exact) mass is 383 g/mol. The smallest absolute Gasteiger partial charge is 0.404 e. The molecule has 3 N–H and O–H groups in total. The molecule has 2 aromatic rings. The van der Waals surface area contributed by atoms with E-state index in [0.717, 1.165) is 44.0 Å². The summed E-state index contributed by atoms with van der Waals surface area (Å²) >= 11 is 0. The molecule has 3 rings (SSSR count). The standard InChI is InChI=1S/C21H29N5O2/c1-15(2)20(24-21(27)28)17-9-11-26(14-17)18-12-19(25-23-13-18)22-10-8-16-6-4-3-5-7-16/h3-7,12-13,15,17,20,24H,8-11,14H2,1-2H3,(H,22,25)(H,27,28)/t17?,20-/m1/s1. The average molecular weight is 383 g/mol. The van der Waals surface area contributed by atoms with Crippen molar-refractivity contribution in [2.24, 2.45) is 11.8 Å². The molecule has 1 aromatic carbocycles. The number of carboxylic acid groups (broad SMARTS) is 1. The zero-order valence-corrected chi connectivity index (χ0v) is 16.5. The fraction of sp³-hybridized carbons (Fsp3) is 0.476. The van der Waals surface area contributed by atoms with E-state index in [2.05, 4.69) is 51.7 Å². The Morgan fingerprint density at radius 3 is 2.82 bits per heavy atom. The van der Waals surface area contributed by atoms with Crippen LogP contribution in [-0.2, 0) is 6.42 Å². The van der Waals surface area contributed by atoms with E-state index in [4.69, 9.17) is 5.11 Å². The molecule has 1 unspecified atom stereocenters. The molecule has 7 nitrogen and oxygen atoms in total. The Hall–Kier alpha value is -2.83. The van der Waals surface area contributed by atoms with Gasteiger partial charge in [0.1, 0.15) is 0 Å². The number of amides is 1. The number of rotatable bonds is 8. The van der Waals surface area contributed by atoms with E-state index in [1.807, 2.05) is 24.3 Å². The van der Waals surface area contributed by atoms with Crippen LogP contribution < -0.4 is 15.5 Å². The van der Waals surface area contributed by atoms with Crippen molar-refractivity contribution in [2.75, 3.05) is 29.9 Å². The third kappa shape index (κ3) is 5.34. The van der Waals surface area contributed by atoms with Gasteiger partial charge in [-0.1, -0.05) is 44.2 Å². The van der Waals surface area contributed by atoms with Crippen LogP contribution in [0, 0.1) is 11.8 Å². The van der Waals surface area contributed by atoms with Crippen LogP contribution in [0.15, 0.2) is 42.6 Å². The number of anilines is 2. The molecule has 1 aliphatic heterocycles. The Kier molecular flexibility index (Phi) is 6.68. The second-order valence-corrected chi connectivity index (χ2v) is 7.68. The van der Waals surface area contributed by atoms with Crippen molar-refractivity contribution in [1.29, 1.82) is 0 Å². The van der Waals surface area contributed by atoms with Gasteiger partial charge < -0.3 is 20.6 Å². The van der Waals surface area contributed by atoms with E-state index in [1.54, 1.807) is 6.20 Å². The maximum absolute atomic E-state index is 11.1. The van der Waals surface area contributed by atoms with Gasteiger partial charge >= 0.3 is 6.09 Å². The molecular weight excluding hydrogens is 354 g/mol. The summed E-state index contributed by atoms with van der Waals surface area (Å²) in [5, 5.41) is 23.5. The Bertz CT molecular complexity index is 768. The molecule has 1 saturated heterocycles. The van der Waals surface area contributed by atoms with Crippen LogP contribution >= 0.6 is 0 Å². The lowest BCUT2D eigenvalue weighted by Crippen LogP contribution is -2.44. The molecule has 7 heteroatoms. The lowest BCUT2D eigenvalue weighted by atomic mass is 9.90. The van der Waals surface area contributed by atoms with Crippen molar-refractivity contribution in [3.63, 3.8) is 0 Å². The van der Waals surface area contributed by atoms with Gasteiger partial charge in [-0.25, -0.2) is 4.79 Å². The highest BCUT2D eigenvalue weighted by molar-refractivity contribution is 5.65. The second kappa shape index (κ2) is 9.39. The molecule has 1 amide bonds. The van der Waals surface area contributed by atoms with Crippen LogP contribution in [0.25, 0.3) is 0 Å². The van der Waals surface area contributed by atoms with E-state index in [1.165, 1.54) is 5.56 Å². The zero-order valence-electron chi connectivity index (χ0n) is 16.5. The Morgan fingerprint density at radius 2 is 2.11 bits per heavy atom. The second-order valence-electron chi connectivity index (χ2n) is 7.68. The maximum Gasteiger partial charge on any atom is 0.404 e. The molecule has 1 aliphatic rings. The Labute approximate surface area is 166 Å². The Balaban J connectivity index is 1.57. The van der Waals surface area contributed by atoms with Crippen LogP contribution in [0.1, 0.15) is 25.8 Å². The van der Waals surface area contributed by atoms with Crippen molar-refractivity contribution < 1.29 is 9.90 Å². The lowest BCUT2D eigenvalue weighted by Gasteiger charge is -2.27. The van der Waals surface area contributed by atoms with Gasteiger partial charge in [0, 0.05) is 31.7 Å². The first-order valence-electron chi connectivity index (χ1n) is 9.88. The third-order valence-electron chi connectivity index (χ3n) is 5.31. The highest BCUT2D eigenvalue weighted by atomic mass is 16.4. The van der Waals surface area contributed by atoms with Crippen molar-refractivity contribution in [3.05, 3.63) is 48.2 Å². The van der Waals surface area contributed by atoms with Crippen molar-refractivity contribution in [3.8, 4) is 0 Å². The largest absolute Gasteiger partial charge is 0.465 e. The minimum Gasteiger partial charge on any atom is -0.465 e. The Morgan fingerprint density at radius 1 is 1.32 bits per heavy atom. The van der Waals surface area contributed by atoms with Crippen molar-refractivity contribution in [2.45, 2.75) is 32.7 Å². The third-order valence-corrected chi connectivity index (χ3v) is 5.31. The molecule has 0 bridgehead atoms. The van der Waals surface area contributed by atoms with Crippen molar-refractivity contribution in [1.82, 2.24) is 15.5 Å². The molecule has 0 saturated carbocycles. The molecule has 2 heterocycles. The molecule has 1 aromatic heterocycles. The maximum atomic E-state index is 11.1. The lowest BCUT2D eigenvalue weighted by molar-refractivity contribution is 0.178. The van der Waals surface area contributed by atoms with Crippen LogP contribution in [0.3, 0.4) is 0 Å². The van der Waals surface area contributed by atoms with Crippen LogP contribution in [0.2, 0.25) is 0 Å². The summed E-state index contributed by atoms with van der Waals surface area (Å²) in [4.78, 5) is 13.4. The van der Waals surface area contributed by atoms with E-state index < -0.39 is 6.09 Å². The predicted octanol–water partition coefficient (Wildman–Crippen LogP) is 3.25. The van der Waals surface area contributed by atoms with Crippen LogP contribution in [0.5, 0.6) is 0 Å². The number of hydrogen-bond acceptors (Lipinski definition) is 5. The number of nitrogens with one attached hydrogen (secondary N) is 2. The number of carbonyl (C=O) groups is 1. The number of nitrogens with zero attached hydrogens (tertiary/aromatic N) is 3. The first-order chi connectivity index (χ1) is 13.5. The summed E-state index contributed by atoms with van der Waals surface area (Å²) < 4.78 is 0. The number of hydrogen-bond donors (Lipinski definition) is 3. The fourth-order valence-corrected chi connectivity index (χ4v) is 3.88. The summed E-state index contributed by atoms with van der Waals surface area (Å²) in [5.41, 5.74) is 2.31. The first kappa shape index (κ1) is 19.9. The van der Waals surface area contributed by atoms with Gasteiger partial charge in [0.05, 0.1) is 11.9 Å². The fourth-order valence-electron chi connectivity index (χ4n) is 3.88. The highest BCUT2D eigenvalue weighted by Crippen LogP contribution is 2.28. The van der Waals surface area contributed by atoms with Gasteiger partial charge in [-0.15, -0.1) is 5.10 Å². The summed E-state index contributed by atoms with van der Waals surface area (Å²) in [6.45, 7) is 6.63. The van der Waals surface area contributed by atoms with E-state index >= 15 is 0 Å². The van der Waals surface area contributed by atoms with Gasteiger partial charge in [0.25, 0.3) is 0 Å². The highest BCUT2D eigenvalue weighted by Gasteiger charge is 2.32. The summed E-state index contributed by atoms with van der Waals surface area (Å²) in [6.07, 6.45) is 2.71. The van der Waals surface area contributed by atoms with Crippen LogP contribution in [0.4, 0.5) is 16.3 Å². The van der Waals surface area contributed by atoms with Gasteiger partial charge in [-0.05, 0) is 30.2 Å². The summed E-state index contributed by atoms with van der Waals surface area (Å²) in [7, 11) is 0. The minimum atomic E-state index is -0.951. The molecular formula is C21H29N5O2. The number of benzene rings is 1. The van der Waals surface area contributed by atoms with E-state index in [-0.39, 0.29) is 12.0 Å². The molecule has 0 aliphatic carbocycles. The minimum absolute atomic E-state index is 0.0410. The molecule has 28 heavy (non-hydrogen) atoms. The van der Waals surface area contributed by atoms with Gasteiger partial charge in [0.2, 0.25) is 0 Å². The van der Waals surface area contributed by atoms with E-state index in [0.29, 0.717) is 5.92 Å². The van der Waals surface area contributed by atoms with Crippen molar-refractivity contribution >= 4 is 17.6 Å². The van der Waals surface area contributed by atoms with E-state index in [9.17, 15) is 4.79 Å². The van der Waals surface area contributed by atoms with Gasteiger partial charge in [-0.2, -0.15) is 5.10 Å². The molecule has 1 fully saturated rings. The average Bonchev–Trinajstić information content (AvgIpc) is 3.17. The van der Waals surface area contributed by atoms with Crippen LogP contribution in [-0.4, -0.2) is 47.1 Å². The molecule has 0 spiro atoms. The summed E-state index contributed by atoms with van der Waals surface area (Å²) in [6, 6.07) is 12.3.